The third-order valence-corrected chi connectivity index (χ3v) is 3.95. The second-order valence-electron chi connectivity index (χ2n) is 5.83. The summed E-state index contributed by atoms with van der Waals surface area (Å²) in [4.78, 5) is 18.3. The predicted molar refractivity (Wildman–Crippen MR) is 94.9 cm³/mol. The Kier molecular flexibility index (Phi) is 5.21. The standard InChI is InChI=1S/C18H21N5O3/c1-22-9-8-19-17(22)11-23(2)18(24)14-10-13(20-21-14)12-26-16-7-5-4-6-15(16)25-3/h4-10H,11-12H2,1-3H3,(H,20,21). The van der Waals surface area contributed by atoms with E-state index in [9.17, 15) is 4.79 Å². The van der Waals surface area contributed by atoms with Gasteiger partial charge in [-0.15, -0.1) is 0 Å². The highest BCUT2D eigenvalue weighted by molar-refractivity contribution is 5.92. The summed E-state index contributed by atoms with van der Waals surface area (Å²) in [7, 11) is 5.20. The van der Waals surface area contributed by atoms with E-state index in [0.29, 0.717) is 29.4 Å². The quantitative estimate of drug-likeness (QED) is 0.701. The van der Waals surface area contributed by atoms with Crippen LogP contribution in [0.4, 0.5) is 0 Å². The second-order valence-corrected chi connectivity index (χ2v) is 5.83. The number of rotatable bonds is 7. The van der Waals surface area contributed by atoms with Crippen molar-refractivity contribution in [2.75, 3.05) is 14.2 Å². The molecule has 3 rings (SSSR count). The first kappa shape index (κ1) is 17.5. The number of carbonyl (C=O) groups is 1. The van der Waals surface area contributed by atoms with Crippen molar-refractivity contribution in [3.05, 3.63) is 59.9 Å². The lowest BCUT2D eigenvalue weighted by atomic mass is 10.3. The predicted octanol–water partition coefficient (Wildman–Crippen LogP) is 2.00. The van der Waals surface area contributed by atoms with E-state index in [-0.39, 0.29) is 12.5 Å². The van der Waals surface area contributed by atoms with Gasteiger partial charge in [0.1, 0.15) is 12.4 Å². The van der Waals surface area contributed by atoms with Crippen molar-refractivity contribution in [2.45, 2.75) is 13.2 Å². The number of benzene rings is 1. The van der Waals surface area contributed by atoms with Crippen LogP contribution in [0.25, 0.3) is 0 Å². The molecule has 0 saturated heterocycles. The maximum atomic E-state index is 12.5. The number of aromatic amines is 1. The summed E-state index contributed by atoms with van der Waals surface area (Å²) in [6, 6.07) is 9.07. The zero-order chi connectivity index (χ0) is 18.5. The molecule has 0 radical (unpaired) electrons. The highest BCUT2D eigenvalue weighted by atomic mass is 16.5. The van der Waals surface area contributed by atoms with Gasteiger partial charge < -0.3 is 18.9 Å². The van der Waals surface area contributed by atoms with Gasteiger partial charge in [0.15, 0.2) is 17.2 Å². The molecule has 1 N–H and O–H groups in total. The van der Waals surface area contributed by atoms with Crippen LogP contribution in [0.3, 0.4) is 0 Å². The van der Waals surface area contributed by atoms with E-state index >= 15 is 0 Å². The lowest BCUT2D eigenvalue weighted by molar-refractivity contribution is 0.0774. The number of aryl methyl sites for hydroxylation is 1. The molecule has 8 heteroatoms. The van der Waals surface area contributed by atoms with Crippen molar-refractivity contribution < 1.29 is 14.3 Å². The second kappa shape index (κ2) is 7.73. The molecule has 8 nitrogen and oxygen atoms in total. The number of aromatic nitrogens is 4. The van der Waals surface area contributed by atoms with Gasteiger partial charge in [0.25, 0.3) is 5.91 Å². The van der Waals surface area contributed by atoms with Gasteiger partial charge in [-0.3, -0.25) is 9.89 Å². The van der Waals surface area contributed by atoms with E-state index in [0.717, 1.165) is 5.82 Å². The molecule has 0 aliphatic heterocycles. The van der Waals surface area contributed by atoms with Crippen molar-refractivity contribution in [1.82, 2.24) is 24.6 Å². The molecule has 0 fully saturated rings. The number of imidazole rings is 1. The number of methoxy groups -OCH3 is 1. The van der Waals surface area contributed by atoms with Crippen molar-refractivity contribution in [1.29, 1.82) is 0 Å². The van der Waals surface area contributed by atoms with E-state index in [1.54, 1.807) is 31.3 Å². The Labute approximate surface area is 151 Å². The molecule has 0 aliphatic carbocycles. The monoisotopic (exact) mass is 355 g/mol. The number of H-pyrrole nitrogens is 1. The van der Waals surface area contributed by atoms with E-state index in [2.05, 4.69) is 15.2 Å². The van der Waals surface area contributed by atoms with Gasteiger partial charge >= 0.3 is 0 Å². The van der Waals surface area contributed by atoms with Crippen LogP contribution in [0.15, 0.2) is 42.7 Å². The summed E-state index contributed by atoms with van der Waals surface area (Å²) in [5.74, 6) is 1.89. The Morgan fingerprint density at radius 1 is 1.31 bits per heavy atom. The van der Waals surface area contributed by atoms with Gasteiger partial charge in [0, 0.05) is 26.5 Å². The first-order valence-electron chi connectivity index (χ1n) is 8.10. The summed E-state index contributed by atoms with van der Waals surface area (Å²) in [5.41, 5.74) is 1.03. The molecule has 1 aromatic carbocycles. The maximum Gasteiger partial charge on any atom is 0.274 e. The van der Waals surface area contributed by atoms with Gasteiger partial charge in [-0.1, -0.05) is 12.1 Å². The number of carbonyl (C=O) groups excluding carboxylic acids is 1. The van der Waals surface area contributed by atoms with E-state index < -0.39 is 0 Å². The SMILES string of the molecule is COc1ccccc1OCc1cc(C(=O)N(C)Cc2nccn2C)n[nH]1. The first-order chi connectivity index (χ1) is 12.6. The summed E-state index contributed by atoms with van der Waals surface area (Å²) in [6.45, 7) is 0.659. The fraction of sp³-hybridized carbons (Fsp3) is 0.278. The molecular formula is C18H21N5O3. The van der Waals surface area contributed by atoms with E-state index in [1.165, 1.54) is 0 Å². The number of para-hydroxylation sites is 2. The first-order valence-corrected chi connectivity index (χ1v) is 8.10. The minimum absolute atomic E-state index is 0.187. The Balaban J connectivity index is 1.62. The molecule has 0 aliphatic rings. The molecule has 3 aromatic rings. The van der Waals surface area contributed by atoms with Crippen LogP contribution in [-0.2, 0) is 20.2 Å². The van der Waals surface area contributed by atoms with E-state index in [1.807, 2.05) is 42.1 Å². The summed E-state index contributed by atoms with van der Waals surface area (Å²) in [6.07, 6.45) is 3.55. The molecule has 0 saturated carbocycles. The number of nitrogens with zero attached hydrogens (tertiary/aromatic N) is 4. The molecule has 2 aromatic heterocycles. The smallest absolute Gasteiger partial charge is 0.274 e. The zero-order valence-corrected chi connectivity index (χ0v) is 15.0. The van der Waals surface area contributed by atoms with Crippen LogP contribution in [0.5, 0.6) is 11.5 Å². The van der Waals surface area contributed by atoms with Gasteiger partial charge in [-0.2, -0.15) is 5.10 Å². The number of nitrogens with one attached hydrogen (secondary N) is 1. The summed E-state index contributed by atoms with van der Waals surface area (Å²) < 4.78 is 12.9. The van der Waals surface area contributed by atoms with Gasteiger partial charge in [0.2, 0.25) is 0 Å². The Morgan fingerprint density at radius 2 is 2.08 bits per heavy atom. The molecule has 136 valence electrons. The van der Waals surface area contributed by atoms with Gasteiger partial charge in [-0.25, -0.2) is 4.98 Å². The fourth-order valence-corrected chi connectivity index (χ4v) is 2.47. The topological polar surface area (TPSA) is 85.3 Å². The molecule has 2 heterocycles. The van der Waals surface area contributed by atoms with Crippen molar-refractivity contribution >= 4 is 5.91 Å². The Morgan fingerprint density at radius 3 is 2.77 bits per heavy atom. The third kappa shape index (κ3) is 3.85. The van der Waals surface area contributed by atoms with Crippen LogP contribution in [0.1, 0.15) is 22.0 Å². The minimum atomic E-state index is -0.187. The fourth-order valence-electron chi connectivity index (χ4n) is 2.47. The number of hydrogen-bond donors (Lipinski definition) is 1. The molecule has 0 spiro atoms. The van der Waals surface area contributed by atoms with Crippen LogP contribution < -0.4 is 9.47 Å². The average molecular weight is 355 g/mol. The summed E-state index contributed by atoms with van der Waals surface area (Å²) in [5, 5.41) is 6.92. The molecule has 0 bridgehead atoms. The molecule has 0 atom stereocenters. The number of hydrogen-bond acceptors (Lipinski definition) is 5. The van der Waals surface area contributed by atoms with Crippen LogP contribution in [-0.4, -0.2) is 44.7 Å². The molecule has 0 unspecified atom stereocenters. The lowest BCUT2D eigenvalue weighted by Crippen LogP contribution is -2.27. The average Bonchev–Trinajstić information content (AvgIpc) is 3.29. The third-order valence-electron chi connectivity index (χ3n) is 3.95. The van der Waals surface area contributed by atoms with Crippen molar-refractivity contribution in [3.8, 4) is 11.5 Å². The molecule has 1 amide bonds. The van der Waals surface area contributed by atoms with Crippen LogP contribution >= 0.6 is 0 Å². The minimum Gasteiger partial charge on any atom is -0.493 e. The highest BCUT2D eigenvalue weighted by Crippen LogP contribution is 2.26. The van der Waals surface area contributed by atoms with E-state index in [4.69, 9.17) is 9.47 Å². The Hall–Kier alpha value is -3.29. The number of ether oxygens (including phenoxy) is 2. The Bertz CT molecular complexity index is 886. The maximum absolute atomic E-state index is 12.5. The number of amides is 1. The lowest BCUT2D eigenvalue weighted by Gasteiger charge is -2.15. The molecular weight excluding hydrogens is 334 g/mol. The normalized spacial score (nSPS) is 10.6. The van der Waals surface area contributed by atoms with Crippen LogP contribution in [0.2, 0.25) is 0 Å². The van der Waals surface area contributed by atoms with Crippen LogP contribution in [0, 0.1) is 0 Å². The van der Waals surface area contributed by atoms with Gasteiger partial charge in [-0.05, 0) is 18.2 Å². The van der Waals surface area contributed by atoms with Crippen molar-refractivity contribution in [3.63, 3.8) is 0 Å². The zero-order valence-electron chi connectivity index (χ0n) is 15.0. The largest absolute Gasteiger partial charge is 0.493 e. The molecule has 26 heavy (non-hydrogen) atoms. The highest BCUT2D eigenvalue weighted by Gasteiger charge is 2.17. The summed E-state index contributed by atoms with van der Waals surface area (Å²) >= 11 is 0. The van der Waals surface area contributed by atoms with Gasteiger partial charge in [0.05, 0.1) is 19.3 Å². The van der Waals surface area contributed by atoms with Crippen molar-refractivity contribution in [2.24, 2.45) is 7.05 Å².